The highest BCUT2D eigenvalue weighted by molar-refractivity contribution is 7.14. The van der Waals surface area contributed by atoms with Crippen molar-refractivity contribution < 1.29 is 24.2 Å². The lowest BCUT2D eigenvalue weighted by molar-refractivity contribution is -0.154. The third-order valence-corrected chi connectivity index (χ3v) is 5.32. The van der Waals surface area contributed by atoms with Gasteiger partial charge in [-0.05, 0) is 50.7 Å². The normalized spacial score (nSPS) is 20.9. The minimum atomic E-state index is -0.906. The van der Waals surface area contributed by atoms with Crippen LogP contribution in [0.25, 0.3) is 0 Å². The molecule has 2 rings (SSSR count). The van der Waals surface area contributed by atoms with Gasteiger partial charge in [-0.1, -0.05) is 0 Å². The van der Waals surface area contributed by atoms with Crippen LogP contribution in [0.3, 0.4) is 0 Å². The van der Waals surface area contributed by atoms with E-state index in [0.29, 0.717) is 17.8 Å². The van der Waals surface area contributed by atoms with Gasteiger partial charge in [0.1, 0.15) is 10.8 Å². The fourth-order valence-corrected chi connectivity index (χ4v) is 3.79. The first-order chi connectivity index (χ1) is 10.9. The fraction of sp³-hybridized carbons (Fsp3) is 0.562. The van der Waals surface area contributed by atoms with Crippen molar-refractivity contribution in [3.8, 4) is 0 Å². The quantitative estimate of drug-likeness (QED) is 0.611. The van der Waals surface area contributed by atoms with Gasteiger partial charge in [0, 0.05) is 11.4 Å². The van der Waals surface area contributed by atoms with Crippen LogP contribution in [-0.4, -0.2) is 36.1 Å². The monoisotopic (exact) mass is 339 g/mol. The summed E-state index contributed by atoms with van der Waals surface area (Å²) in [6.07, 6.45) is 2.04. The Morgan fingerprint density at radius 1 is 1.48 bits per heavy atom. The second kappa shape index (κ2) is 7.59. The van der Waals surface area contributed by atoms with Gasteiger partial charge in [0.25, 0.3) is 0 Å². The molecule has 1 aromatic rings. The lowest BCUT2D eigenvalue weighted by Crippen LogP contribution is -2.45. The average Bonchev–Trinajstić information content (AvgIpc) is 2.88. The van der Waals surface area contributed by atoms with Gasteiger partial charge in [-0.3, -0.25) is 9.59 Å². The maximum Gasteiger partial charge on any atom is 0.345 e. The lowest BCUT2D eigenvalue weighted by atomic mass is 9.86. The maximum atomic E-state index is 11.8. The van der Waals surface area contributed by atoms with E-state index in [2.05, 4.69) is 5.32 Å². The number of ether oxygens (including phenoxy) is 1. The van der Waals surface area contributed by atoms with E-state index in [9.17, 15) is 14.4 Å². The Bertz CT molecular complexity index is 610. The zero-order valence-electron chi connectivity index (χ0n) is 13.3. The van der Waals surface area contributed by atoms with Crippen LogP contribution in [0, 0.1) is 18.8 Å². The van der Waals surface area contributed by atoms with Gasteiger partial charge in [-0.15, -0.1) is 11.3 Å². The summed E-state index contributed by atoms with van der Waals surface area (Å²) in [7, 11) is 0. The molecule has 0 aromatic carbocycles. The lowest BCUT2D eigenvalue weighted by Gasteiger charge is -2.27. The minimum Gasteiger partial charge on any atom is -0.477 e. The van der Waals surface area contributed by atoms with Crippen molar-refractivity contribution in [1.82, 2.24) is 5.32 Å². The molecule has 1 fully saturated rings. The van der Waals surface area contributed by atoms with E-state index in [1.54, 1.807) is 13.0 Å². The molecule has 1 amide bonds. The first kappa shape index (κ1) is 17.5. The van der Waals surface area contributed by atoms with Crippen LogP contribution >= 0.6 is 11.3 Å². The Kier molecular flexibility index (Phi) is 5.76. The molecule has 1 saturated heterocycles. The van der Waals surface area contributed by atoms with E-state index in [-0.39, 0.29) is 18.4 Å². The predicted molar refractivity (Wildman–Crippen MR) is 85.6 cm³/mol. The summed E-state index contributed by atoms with van der Waals surface area (Å²) in [4.78, 5) is 36.0. The summed E-state index contributed by atoms with van der Waals surface area (Å²) in [5.41, 5.74) is 0.981. The Balaban J connectivity index is 1.94. The van der Waals surface area contributed by atoms with Crippen LogP contribution in [-0.2, 0) is 20.7 Å². The van der Waals surface area contributed by atoms with Crippen molar-refractivity contribution in [2.75, 3.05) is 13.2 Å². The van der Waals surface area contributed by atoms with E-state index in [4.69, 9.17) is 9.84 Å². The highest BCUT2D eigenvalue weighted by Crippen LogP contribution is 2.27. The van der Waals surface area contributed by atoms with Gasteiger partial charge >= 0.3 is 11.9 Å². The van der Waals surface area contributed by atoms with Crippen molar-refractivity contribution in [3.63, 3.8) is 0 Å². The molecule has 1 aliphatic rings. The molecule has 0 spiro atoms. The SMILES string of the molecule is CCOC(=O)C1C[C@H](CCc2sc(C(=O)O)cc2C)CNC1=O. The minimum absolute atomic E-state index is 0.192. The average molecular weight is 339 g/mol. The maximum absolute atomic E-state index is 11.8. The number of rotatable bonds is 6. The Morgan fingerprint density at radius 2 is 2.22 bits per heavy atom. The van der Waals surface area contributed by atoms with Gasteiger partial charge in [0.2, 0.25) is 5.91 Å². The number of piperidine rings is 1. The second-order valence-electron chi connectivity index (χ2n) is 5.71. The van der Waals surface area contributed by atoms with Gasteiger partial charge in [0.05, 0.1) is 6.61 Å². The molecule has 2 atom stereocenters. The summed E-state index contributed by atoms with van der Waals surface area (Å²) in [6.45, 7) is 4.43. The van der Waals surface area contributed by atoms with Crippen LogP contribution in [0.4, 0.5) is 0 Å². The van der Waals surface area contributed by atoms with E-state index in [1.807, 2.05) is 6.92 Å². The smallest absolute Gasteiger partial charge is 0.345 e. The van der Waals surface area contributed by atoms with E-state index < -0.39 is 17.9 Å². The number of carboxylic acids is 1. The molecule has 2 heterocycles. The summed E-state index contributed by atoms with van der Waals surface area (Å²) in [5, 5.41) is 11.8. The summed E-state index contributed by atoms with van der Waals surface area (Å²) in [6, 6.07) is 1.69. The van der Waals surface area contributed by atoms with Crippen LogP contribution in [0.5, 0.6) is 0 Å². The van der Waals surface area contributed by atoms with Crippen LogP contribution in [0.2, 0.25) is 0 Å². The number of carbonyl (C=O) groups is 3. The molecular formula is C16H21NO5S. The van der Waals surface area contributed by atoms with E-state index in [0.717, 1.165) is 23.3 Å². The second-order valence-corrected chi connectivity index (χ2v) is 6.85. The zero-order chi connectivity index (χ0) is 17.0. The number of aromatic carboxylic acids is 1. The van der Waals surface area contributed by atoms with Crippen molar-refractivity contribution in [1.29, 1.82) is 0 Å². The molecule has 0 radical (unpaired) electrons. The Hall–Kier alpha value is -1.89. The molecular weight excluding hydrogens is 318 g/mol. The fourth-order valence-electron chi connectivity index (χ4n) is 2.77. The number of amides is 1. The van der Waals surface area contributed by atoms with E-state index in [1.165, 1.54) is 11.3 Å². The number of carboxylic acid groups (broad SMARTS) is 1. The van der Waals surface area contributed by atoms with Crippen LogP contribution in [0.15, 0.2) is 6.07 Å². The molecule has 2 N–H and O–H groups in total. The molecule has 0 bridgehead atoms. The summed E-state index contributed by atoms with van der Waals surface area (Å²) < 4.78 is 4.95. The van der Waals surface area contributed by atoms with Crippen LogP contribution < -0.4 is 5.32 Å². The molecule has 23 heavy (non-hydrogen) atoms. The molecule has 7 heteroatoms. The number of thiophene rings is 1. The molecule has 1 aromatic heterocycles. The van der Waals surface area contributed by atoms with Gasteiger partial charge in [-0.2, -0.15) is 0 Å². The Labute approximate surface area is 138 Å². The van der Waals surface area contributed by atoms with Gasteiger partial charge in [0.15, 0.2) is 0 Å². The van der Waals surface area contributed by atoms with Gasteiger partial charge in [-0.25, -0.2) is 4.79 Å². The molecule has 0 saturated carbocycles. The number of hydrogen-bond acceptors (Lipinski definition) is 5. The topological polar surface area (TPSA) is 92.7 Å². The third-order valence-electron chi connectivity index (χ3n) is 4.03. The molecule has 126 valence electrons. The summed E-state index contributed by atoms with van der Waals surface area (Å²) >= 11 is 1.29. The largest absolute Gasteiger partial charge is 0.477 e. The molecule has 1 unspecified atom stereocenters. The standard InChI is InChI=1S/C16H21NO5S/c1-3-22-16(21)11-7-10(8-17-14(11)18)4-5-12-9(2)6-13(23-12)15(19)20/h6,10-11H,3-5,7-8H2,1-2H3,(H,17,18)(H,19,20)/t10-,11?/m0/s1. The van der Waals surface area contributed by atoms with Gasteiger partial charge < -0.3 is 15.2 Å². The first-order valence-electron chi connectivity index (χ1n) is 7.69. The first-order valence-corrected chi connectivity index (χ1v) is 8.51. The highest BCUT2D eigenvalue weighted by atomic mass is 32.1. The Morgan fingerprint density at radius 3 is 2.83 bits per heavy atom. The van der Waals surface area contributed by atoms with Crippen molar-refractivity contribution in [3.05, 3.63) is 21.4 Å². The van der Waals surface area contributed by atoms with Crippen molar-refractivity contribution >= 4 is 29.2 Å². The summed E-state index contributed by atoms with van der Waals surface area (Å²) in [5.74, 6) is -2.17. The van der Waals surface area contributed by atoms with Crippen molar-refractivity contribution in [2.45, 2.75) is 33.1 Å². The number of nitrogens with one attached hydrogen (secondary N) is 1. The number of carbonyl (C=O) groups excluding carboxylic acids is 2. The molecule has 6 nitrogen and oxygen atoms in total. The number of esters is 1. The highest BCUT2D eigenvalue weighted by Gasteiger charge is 2.34. The van der Waals surface area contributed by atoms with Crippen LogP contribution in [0.1, 0.15) is 39.9 Å². The van der Waals surface area contributed by atoms with Crippen molar-refractivity contribution in [2.24, 2.45) is 11.8 Å². The zero-order valence-corrected chi connectivity index (χ0v) is 14.1. The van der Waals surface area contributed by atoms with E-state index >= 15 is 0 Å². The molecule has 1 aliphatic heterocycles. The number of aryl methyl sites for hydroxylation is 2. The number of hydrogen-bond donors (Lipinski definition) is 2. The molecule has 0 aliphatic carbocycles. The third kappa shape index (κ3) is 4.31. The predicted octanol–water partition coefficient (Wildman–Crippen LogP) is 2.00.